The second-order valence-electron chi connectivity index (χ2n) is 8.95. The van der Waals surface area contributed by atoms with Crippen LogP contribution in [0.2, 0.25) is 0 Å². The number of nitrogens with zero attached hydrogens (tertiary/aromatic N) is 1. The van der Waals surface area contributed by atoms with E-state index in [1.165, 1.54) is 89.9 Å². The lowest BCUT2D eigenvalue weighted by Crippen LogP contribution is -2.70. The number of unbranched alkanes of at least 4 members (excludes halogenated alkanes) is 5. The number of allylic oxidation sites excluding steroid dienone is 2. The van der Waals surface area contributed by atoms with Crippen molar-refractivity contribution in [1.29, 1.82) is 0 Å². The molecule has 3 heterocycles. The molecule has 3 saturated heterocycles. The van der Waals surface area contributed by atoms with Gasteiger partial charge in [-0.1, -0.05) is 58.1 Å². The van der Waals surface area contributed by atoms with Gasteiger partial charge in [-0.2, -0.15) is 0 Å². The zero-order chi connectivity index (χ0) is 18.2. The minimum absolute atomic E-state index is 0.451. The van der Waals surface area contributed by atoms with Crippen LogP contribution in [0.15, 0.2) is 12.2 Å². The van der Waals surface area contributed by atoms with E-state index in [-0.39, 0.29) is 0 Å². The molecule has 0 amide bonds. The molecular formula is C23H43N3. The average molecular weight is 362 g/mol. The van der Waals surface area contributed by atoms with Crippen LogP contribution in [0.5, 0.6) is 0 Å². The van der Waals surface area contributed by atoms with E-state index >= 15 is 0 Å². The van der Waals surface area contributed by atoms with Gasteiger partial charge in [0.25, 0.3) is 0 Å². The van der Waals surface area contributed by atoms with Crippen molar-refractivity contribution in [1.82, 2.24) is 15.5 Å². The lowest BCUT2D eigenvalue weighted by atomic mass is 9.95. The predicted molar refractivity (Wildman–Crippen MR) is 112 cm³/mol. The van der Waals surface area contributed by atoms with E-state index in [9.17, 15) is 0 Å². The molecule has 3 fully saturated rings. The summed E-state index contributed by atoms with van der Waals surface area (Å²) in [6.45, 7) is 4.53. The number of hydrogen-bond acceptors (Lipinski definition) is 3. The molecule has 5 atom stereocenters. The first-order valence-electron chi connectivity index (χ1n) is 11.8. The molecule has 26 heavy (non-hydrogen) atoms. The van der Waals surface area contributed by atoms with Crippen LogP contribution in [-0.4, -0.2) is 35.4 Å². The second-order valence-corrected chi connectivity index (χ2v) is 8.95. The van der Waals surface area contributed by atoms with Crippen LogP contribution in [0.25, 0.3) is 0 Å². The van der Waals surface area contributed by atoms with Crippen molar-refractivity contribution in [2.45, 2.75) is 134 Å². The zero-order valence-corrected chi connectivity index (χ0v) is 17.4. The Hall–Kier alpha value is -0.380. The minimum atomic E-state index is 0.451. The molecule has 0 spiro atoms. The van der Waals surface area contributed by atoms with Crippen molar-refractivity contribution in [3.63, 3.8) is 0 Å². The molecule has 0 aromatic carbocycles. The van der Waals surface area contributed by atoms with E-state index in [0.29, 0.717) is 12.3 Å². The van der Waals surface area contributed by atoms with Crippen LogP contribution in [0.1, 0.15) is 104 Å². The van der Waals surface area contributed by atoms with Gasteiger partial charge < -0.3 is 0 Å². The van der Waals surface area contributed by atoms with E-state index in [1.807, 2.05) is 0 Å². The highest BCUT2D eigenvalue weighted by molar-refractivity contribution is 5.02. The molecule has 0 bridgehead atoms. The summed E-state index contributed by atoms with van der Waals surface area (Å²) in [7, 11) is 0. The molecule has 3 heteroatoms. The highest BCUT2D eigenvalue weighted by atomic mass is 15.5. The van der Waals surface area contributed by atoms with Gasteiger partial charge in [0.05, 0.1) is 0 Å². The SMILES string of the molecule is CC/C=C/CCC[C@@H]1C[C@@H]2CC[C@@H]3C[C@@H](CCCCCCC)NC(N1)N32. The third-order valence-electron chi connectivity index (χ3n) is 6.86. The topological polar surface area (TPSA) is 27.3 Å². The molecule has 0 saturated carbocycles. The summed E-state index contributed by atoms with van der Waals surface area (Å²) in [5.74, 6) is 0. The lowest BCUT2D eigenvalue weighted by Gasteiger charge is -2.50. The maximum absolute atomic E-state index is 3.99. The summed E-state index contributed by atoms with van der Waals surface area (Å²) in [5, 5.41) is 7.97. The summed E-state index contributed by atoms with van der Waals surface area (Å²) in [4.78, 5) is 2.81. The Balaban J connectivity index is 1.44. The van der Waals surface area contributed by atoms with E-state index in [2.05, 4.69) is 41.5 Å². The molecule has 1 unspecified atom stereocenters. The van der Waals surface area contributed by atoms with Gasteiger partial charge in [0.15, 0.2) is 0 Å². The Morgan fingerprint density at radius 1 is 0.808 bits per heavy atom. The maximum Gasteiger partial charge on any atom is 0.115 e. The van der Waals surface area contributed by atoms with Crippen LogP contribution >= 0.6 is 0 Å². The smallest absolute Gasteiger partial charge is 0.115 e. The van der Waals surface area contributed by atoms with Gasteiger partial charge in [-0.25, -0.2) is 0 Å². The summed E-state index contributed by atoms with van der Waals surface area (Å²) < 4.78 is 0. The van der Waals surface area contributed by atoms with Gasteiger partial charge in [-0.3, -0.25) is 15.5 Å². The molecule has 150 valence electrons. The van der Waals surface area contributed by atoms with Gasteiger partial charge in [-0.05, 0) is 57.8 Å². The van der Waals surface area contributed by atoms with E-state index < -0.39 is 0 Å². The van der Waals surface area contributed by atoms with Crippen molar-refractivity contribution in [3.8, 4) is 0 Å². The third-order valence-corrected chi connectivity index (χ3v) is 6.86. The van der Waals surface area contributed by atoms with Gasteiger partial charge in [-0.15, -0.1) is 0 Å². The van der Waals surface area contributed by atoms with E-state index in [1.54, 1.807) is 0 Å². The van der Waals surface area contributed by atoms with Crippen LogP contribution in [-0.2, 0) is 0 Å². The van der Waals surface area contributed by atoms with Crippen LogP contribution < -0.4 is 10.6 Å². The fourth-order valence-electron chi connectivity index (χ4n) is 5.50. The van der Waals surface area contributed by atoms with Gasteiger partial charge >= 0.3 is 0 Å². The van der Waals surface area contributed by atoms with E-state index in [0.717, 1.165) is 18.1 Å². The number of nitrogens with one attached hydrogen (secondary N) is 2. The predicted octanol–water partition coefficient (Wildman–Crippen LogP) is 5.32. The summed E-state index contributed by atoms with van der Waals surface area (Å²) in [6.07, 6.45) is 24.2. The average Bonchev–Trinajstić information content (AvgIpc) is 3.05. The van der Waals surface area contributed by atoms with Crippen molar-refractivity contribution in [3.05, 3.63) is 12.2 Å². The number of rotatable bonds is 11. The highest BCUT2D eigenvalue weighted by Gasteiger charge is 2.46. The molecule has 0 aromatic rings. The van der Waals surface area contributed by atoms with Crippen molar-refractivity contribution >= 4 is 0 Å². The summed E-state index contributed by atoms with van der Waals surface area (Å²) in [6, 6.07) is 3.12. The Morgan fingerprint density at radius 3 is 2.12 bits per heavy atom. The quantitative estimate of drug-likeness (QED) is 0.385. The second kappa shape index (κ2) is 10.8. The molecule has 3 aliphatic rings. The Labute approximate surface area is 162 Å². The highest BCUT2D eigenvalue weighted by Crippen LogP contribution is 2.37. The Morgan fingerprint density at radius 2 is 1.46 bits per heavy atom. The molecule has 0 aliphatic carbocycles. The third kappa shape index (κ3) is 5.56. The Bertz CT molecular complexity index is 422. The lowest BCUT2D eigenvalue weighted by molar-refractivity contribution is -0.0184. The van der Waals surface area contributed by atoms with Gasteiger partial charge in [0, 0.05) is 24.2 Å². The fourth-order valence-corrected chi connectivity index (χ4v) is 5.50. The van der Waals surface area contributed by atoms with Crippen molar-refractivity contribution in [2.24, 2.45) is 0 Å². The van der Waals surface area contributed by atoms with Crippen molar-refractivity contribution in [2.75, 3.05) is 0 Å². The van der Waals surface area contributed by atoms with E-state index in [4.69, 9.17) is 0 Å². The summed E-state index contributed by atoms with van der Waals surface area (Å²) in [5.41, 5.74) is 0. The van der Waals surface area contributed by atoms with Gasteiger partial charge in [0.1, 0.15) is 6.29 Å². The first kappa shape index (κ1) is 20.4. The monoisotopic (exact) mass is 361 g/mol. The van der Waals surface area contributed by atoms with Crippen LogP contribution in [0, 0.1) is 0 Å². The molecule has 3 aliphatic heterocycles. The maximum atomic E-state index is 3.99. The fraction of sp³-hybridized carbons (Fsp3) is 0.913. The molecule has 0 radical (unpaired) electrons. The summed E-state index contributed by atoms with van der Waals surface area (Å²) >= 11 is 0. The molecular weight excluding hydrogens is 318 g/mol. The first-order chi connectivity index (χ1) is 12.8. The first-order valence-corrected chi connectivity index (χ1v) is 11.8. The molecule has 3 nitrogen and oxygen atoms in total. The molecule has 2 N–H and O–H groups in total. The van der Waals surface area contributed by atoms with Crippen molar-refractivity contribution < 1.29 is 0 Å². The Kier molecular flexibility index (Phi) is 8.48. The number of hydrogen-bond donors (Lipinski definition) is 2. The zero-order valence-electron chi connectivity index (χ0n) is 17.4. The normalized spacial score (nSPS) is 34.5. The van der Waals surface area contributed by atoms with Crippen LogP contribution in [0.3, 0.4) is 0 Å². The largest absolute Gasteiger partial charge is 0.287 e. The molecule has 3 rings (SSSR count). The van der Waals surface area contributed by atoms with Gasteiger partial charge in [0.2, 0.25) is 0 Å². The standard InChI is InChI=1S/C23H43N3/c1-3-5-7-9-11-13-19-17-21-15-16-22-18-20(14-12-10-8-6-4-2)25-23(24-19)26(21)22/h5,7,19-25H,3-4,6,8-18H2,1-2H3/b7-5+/t19-,20-,21+,22-,23?/m1/s1. The van der Waals surface area contributed by atoms with Crippen LogP contribution in [0.4, 0.5) is 0 Å². The minimum Gasteiger partial charge on any atom is -0.287 e. The molecule has 0 aromatic heterocycles.